The molecule has 2 aromatic carbocycles. The number of benzene rings is 2. The van der Waals surface area contributed by atoms with E-state index >= 15 is 0 Å². The Balaban J connectivity index is 1.60. The number of amides is 1. The van der Waals surface area contributed by atoms with Crippen LogP contribution in [0.3, 0.4) is 0 Å². The fraction of sp³-hybridized carbons (Fsp3) is 0.227. The van der Waals surface area contributed by atoms with Crippen LogP contribution in [0.2, 0.25) is 0 Å². The van der Waals surface area contributed by atoms with E-state index in [0.29, 0.717) is 0 Å². The van der Waals surface area contributed by atoms with Crippen LogP contribution in [-0.4, -0.2) is 35.6 Å². The highest BCUT2D eigenvalue weighted by Crippen LogP contribution is 2.37. The maximum Gasteiger partial charge on any atom is 0.237 e. The average Bonchev–Trinajstić information content (AvgIpc) is 3.03. The minimum atomic E-state index is -0.404. The summed E-state index contributed by atoms with van der Waals surface area (Å²) in [7, 11) is 2.10. The molecule has 0 aliphatic carbocycles. The van der Waals surface area contributed by atoms with E-state index in [0.717, 1.165) is 40.9 Å². The lowest BCUT2D eigenvalue weighted by atomic mass is 9.97. The quantitative estimate of drug-likeness (QED) is 0.698. The number of hydrogen-bond acceptors (Lipinski definition) is 4. The van der Waals surface area contributed by atoms with Crippen molar-refractivity contribution in [3.05, 3.63) is 65.9 Å². The van der Waals surface area contributed by atoms with Crippen molar-refractivity contribution < 1.29 is 4.79 Å². The molecule has 0 spiro atoms. The Morgan fingerprint density at radius 2 is 2.00 bits per heavy atom. The molecular weight excluding hydrogens is 336 g/mol. The summed E-state index contributed by atoms with van der Waals surface area (Å²) in [4.78, 5) is 23.7. The molecule has 1 amide bonds. The van der Waals surface area contributed by atoms with E-state index in [2.05, 4.69) is 46.3 Å². The summed E-state index contributed by atoms with van der Waals surface area (Å²) >= 11 is 0. The number of rotatable bonds is 5. The molecule has 5 heteroatoms. The first-order chi connectivity index (χ1) is 13.2. The third-order valence-electron chi connectivity index (χ3n) is 4.98. The van der Waals surface area contributed by atoms with Crippen LogP contribution in [0.5, 0.6) is 0 Å². The van der Waals surface area contributed by atoms with Crippen molar-refractivity contribution in [2.24, 2.45) is 4.99 Å². The van der Waals surface area contributed by atoms with Crippen molar-refractivity contribution in [3.8, 4) is 0 Å². The van der Waals surface area contributed by atoms with Crippen LogP contribution in [0.15, 0.2) is 59.7 Å². The summed E-state index contributed by atoms with van der Waals surface area (Å²) in [5.74, 6) is -0.454. The number of nitrogens with zero attached hydrogens (tertiary/aromatic N) is 3. The van der Waals surface area contributed by atoms with Gasteiger partial charge in [-0.15, -0.1) is 0 Å². The first kappa shape index (κ1) is 17.4. The van der Waals surface area contributed by atoms with Crippen molar-refractivity contribution in [1.29, 1.82) is 0 Å². The number of aromatic nitrogens is 1. The first-order valence-electron chi connectivity index (χ1n) is 9.16. The Labute approximate surface area is 158 Å². The van der Waals surface area contributed by atoms with Crippen LogP contribution >= 0.6 is 0 Å². The molecule has 0 bridgehead atoms. The SMILES string of the molecule is CCN(C)Cc1ccc(N=CC2C(=O)Nc3ccc4ncccc4c32)cc1. The summed E-state index contributed by atoms with van der Waals surface area (Å²) in [6, 6.07) is 15.9. The van der Waals surface area contributed by atoms with E-state index in [1.54, 1.807) is 12.4 Å². The molecule has 0 radical (unpaired) electrons. The van der Waals surface area contributed by atoms with Crippen molar-refractivity contribution >= 4 is 34.4 Å². The highest BCUT2D eigenvalue weighted by atomic mass is 16.2. The smallest absolute Gasteiger partial charge is 0.237 e. The molecule has 1 N–H and O–H groups in total. The highest BCUT2D eigenvalue weighted by molar-refractivity contribution is 6.16. The fourth-order valence-corrected chi connectivity index (χ4v) is 3.37. The lowest BCUT2D eigenvalue weighted by Crippen LogP contribution is -2.16. The summed E-state index contributed by atoms with van der Waals surface area (Å²) in [5, 5.41) is 3.94. The van der Waals surface area contributed by atoms with Gasteiger partial charge >= 0.3 is 0 Å². The molecule has 5 nitrogen and oxygen atoms in total. The Morgan fingerprint density at radius 1 is 1.19 bits per heavy atom. The van der Waals surface area contributed by atoms with Gasteiger partial charge in [-0.05, 0) is 49.5 Å². The molecule has 27 heavy (non-hydrogen) atoms. The summed E-state index contributed by atoms with van der Waals surface area (Å²) in [5.41, 5.74) is 4.78. The molecule has 0 saturated heterocycles. The van der Waals surface area contributed by atoms with Gasteiger partial charge in [0.25, 0.3) is 0 Å². The molecule has 0 fully saturated rings. The van der Waals surface area contributed by atoms with E-state index in [1.165, 1.54) is 5.56 Å². The maximum absolute atomic E-state index is 12.5. The van der Waals surface area contributed by atoms with Gasteiger partial charge in [-0.1, -0.05) is 25.1 Å². The average molecular weight is 358 g/mol. The van der Waals surface area contributed by atoms with Gasteiger partial charge < -0.3 is 10.2 Å². The van der Waals surface area contributed by atoms with Gasteiger partial charge in [-0.2, -0.15) is 0 Å². The standard InChI is InChI=1S/C22H22N4O/c1-3-26(2)14-15-6-8-16(9-7-15)24-13-18-21-17-5-4-12-23-19(17)10-11-20(21)25-22(18)27/h4-13,18H,3,14H2,1-2H3,(H,25,27). The number of nitrogens with one attached hydrogen (secondary N) is 1. The molecule has 136 valence electrons. The predicted octanol–water partition coefficient (Wildman–Crippen LogP) is 4.12. The van der Waals surface area contributed by atoms with Crippen LogP contribution in [0.1, 0.15) is 24.0 Å². The van der Waals surface area contributed by atoms with Gasteiger partial charge in [-0.3, -0.25) is 14.8 Å². The van der Waals surface area contributed by atoms with E-state index < -0.39 is 5.92 Å². The van der Waals surface area contributed by atoms with Crippen molar-refractivity contribution in [2.75, 3.05) is 18.9 Å². The number of hydrogen-bond donors (Lipinski definition) is 1. The van der Waals surface area contributed by atoms with Crippen molar-refractivity contribution in [2.45, 2.75) is 19.4 Å². The zero-order chi connectivity index (χ0) is 18.8. The number of fused-ring (bicyclic) bond motifs is 3. The highest BCUT2D eigenvalue weighted by Gasteiger charge is 2.31. The van der Waals surface area contributed by atoms with Crippen molar-refractivity contribution in [3.63, 3.8) is 0 Å². The Hall–Kier alpha value is -3.05. The second-order valence-electron chi connectivity index (χ2n) is 6.84. The van der Waals surface area contributed by atoms with Crippen molar-refractivity contribution in [1.82, 2.24) is 9.88 Å². The van der Waals surface area contributed by atoms with E-state index in [1.807, 2.05) is 36.4 Å². The molecule has 1 aliphatic rings. The molecular formula is C22H22N4O. The van der Waals surface area contributed by atoms with Gasteiger partial charge in [0, 0.05) is 35.6 Å². The summed E-state index contributed by atoms with van der Waals surface area (Å²) < 4.78 is 0. The van der Waals surface area contributed by atoms with Crippen LogP contribution in [-0.2, 0) is 11.3 Å². The molecule has 0 saturated carbocycles. The minimum absolute atomic E-state index is 0.0497. The molecule has 1 aromatic heterocycles. The van der Waals surface area contributed by atoms with Gasteiger partial charge in [0.2, 0.25) is 5.91 Å². The van der Waals surface area contributed by atoms with Crippen LogP contribution in [0.25, 0.3) is 10.9 Å². The van der Waals surface area contributed by atoms with Crippen LogP contribution < -0.4 is 5.32 Å². The first-order valence-corrected chi connectivity index (χ1v) is 9.16. The van der Waals surface area contributed by atoms with Crippen LogP contribution in [0.4, 0.5) is 11.4 Å². The molecule has 3 aromatic rings. The lowest BCUT2D eigenvalue weighted by molar-refractivity contribution is -0.115. The molecule has 1 unspecified atom stereocenters. The summed E-state index contributed by atoms with van der Waals surface area (Å²) in [6.45, 7) is 4.07. The number of anilines is 1. The third-order valence-corrected chi connectivity index (χ3v) is 4.98. The number of pyridine rings is 1. The van der Waals surface area contributed by atoms with Gasteiger partial charge in [0.05, 0.1) is 11.2 Å². The molecule has 1 aliphatic heterocycles. The summed E-state index contributed by atoms with van der Waals surface area (Å²) in [6.07, 6.45) is 3.50. The van der Waals surface area contributed by atoms with E-state index in [-0.39, 0.29) is 5.91 Å². The Kier molecular flexibility index (Phi) is 4.69. The van der Waals surface area contributed by atoms with Gasteiger partial charge in [0.15, 0.2) is 0 Å². The monoisotopic (exact) mass is 358 g/mol. The fourth-order valence-electron chi connectivity index (χ4n) is 3.37. The molecule has 2 heterocycles. The lowest BCUT2D eigenvalue weighted by Gasteiger charge is -2.13. The predicted molar refractivity (Wildman–Crippen MR) is 110 cm³/mol. The largest absolute Gasteiger partial charge is 0.325 e. The van der Waals surface area contributed by atoms with Gasteiger partial charge in [0.1, 0.15) is 5.92 Å². The second kappa shape index (κ2) is 7.29. The maximum atomic E-state index is 12.5. The normalized spacial score (nSPS) is 16.3. The number of carbonyl (C=O) groups is 1. The Morgan fingerprint density at radius 3 is 2.78 bits per heavy atom. The van der Waals surface area contributed by atoms with Gasteiger partial charge in [-0.25, -0.2) is 0 Å². The number of carbonyl (C=O) groups excluding carboxylic acids is 1. The zero-order valence-corrected chi connectivity index (χ0v) is 15.5. The van der Waals surface area contributed by atoms with E-state index in [9.17, 15) is 4.79 Å². The number of aliphatic imine (C=N–C) groups is 1. The molecule has 4 rings (SSSR count). The second-order valence-corrected chi connectivity index (χ2v) is 6.84. The topological polar surface area (TPSA) is 57.6 Å². The molecule has 1 atom stereocenters. The minimum Gasteiger partial charge on any atom is -0.325 e. The Bertz CT molecular complexity index is 1010. The third kappa shape index (κ3) is 3.46. The van der Waals surface area contributed by atoms with E-state index in [4.69, 9.17) is 0 Å². The van der Waals surface area contributed by atoms with Crippen LogP contribution in [0, 0.1) is 0 Å². The zero-order valence-electron chi connectivity index (χ0n) is 15.5.